The van der Waals surface area contributed by atoms with Gasteiger partial charge in [0.1, 0.15) is 12.7 Å². The van der Waals surface area contributed by atoms with E-state index in [9.17, 15) is 13.2 Å². The van der Waals surface area contributed by atoms with Gasteiger partial charge in [-0.05, 0) is 42.3 Å². The van der Waals surface area contributed by atoms with Crippen LogP contribution in [0.2, 0.25) is 0 Å². The largest absolute Gasteiger partial charge is 0.335 e. The van der Waals surface area contributed by atoms with Crippen molar-refractivity contribution < 1.29 is 13.2 Å². The Bertz CT molecular complexity index is 1040. The van der Waals surface area contributed by atoms with Crippen molar-refractivity contribution in [2.75, 3.05) is 13.3 Å². The lowest BCUT2D eigenvalue weighted by Gasteiger charge is -2.25. The fraction of sp³-hybridized carbons (Fsp3) is 0.250. The van der Waals surface area contributed by atoms with Crippen molar-refractivity contribution in [3.8, 4) is 5.69 Å². The Balaban J connectivity index is 1.71. The van der Waals surface area contributed by atoms with Gasteiger partial charge in [0, 0.05) is 18.9 Å². The molecule has 1 heterocycles. The highest BCUT2D eigenvalue weighted by atomic mass is 32.2. The summed E-state index contributed by atoms with van der Waals surface area (Å²) in [7, 11) is -1.35. The normalized spacial score (nSPS) is 12.5. The van der Waals surface area contributed by atoms with Crippen molar-refractivity contribution in [1.29, 1.82) is 0 Å². The monoisotopic (exact) mass is 398 g/mol. The lowest BCUT2D eigenvalue weighted by molar-refractivity contribution is 0.0742. The number of aromatic nitrogens is 3. The highest BCUT2D eigenvalue weighted by Gasteiger charge is 2.19. The Hall–Kier alpha value is -3.00. The van der Waals surface area contributed by atoms with Crippen LogP contribution in [-0.4, -0.2) is 47.3 Å². The molecule has 0 saturated carbocycles. The van der Waals surface area contributed by atoms with E-state index in [2.05, 4.69) is 10.1 Å². The molecule has 3 aromatic rings. The van der Waals surface area contributed by atoms with Gasteiger partial charge in [0.15, 0.2) is 9.84 Å². The Kier molecular flexibility index (Phi) is 5.60. The van der Waals surface area contributed by atoms with Gasteiger partial charge in [-0.15, -0.1) is 0 Å². The predicted molar refractivity (Wildman–Crippen MR) is 107 cm³/mol. The van der Waals surface area contributed by atoms with Gasteiger partial charge in [0.2, 0.25) is 0 Å². The lowest BCUT2D eigenvalue weighted by Crippen LogP contribution is -2.29. The first-order valence-corrected chi connectivity index (χ1v) is 10.8. The van der Waals surface area contributed by atoms with Crippen LogP contribution in [0, 0.1) is 0 Å². The number of benzene rings is 2. The summed E-state index contributed by atoms with van der Waals surface area (Å²) in [6.07, 6.45) is 4.29. The van der Waals surface area contributed by atoms with Crippen LogP contribution in [0.25, 0.3) is 5.69 Å². The Morgan fingerprint density at radius 2 is 1.75 bits per heavy atom. The molecule has 2 aromatic carbocycles. The van der Waals surface area contributed by atoms with E-state index in [1.165, 1.54) is 12.6 Å². The summed E-state index contributed by atoms with van der Waals surface area (Å²) in [5, 5.41) is 4.10. The third-order valence-corrected chi connectivity index (χ3v) is 5.45. The van der Waals surface area contributed by atoms with Gasteiger partial charge in [-0.25, -0.2) is 18.1 Å². The first-order chi connectivity index (χ1) is 13.2. The molecule has 0 spiro atoms. The van der Waals surface area contributed by atoms with E-state index in [-0.39, 0.29) is 17.7 Å². The molecule has 0 aliphatic carbocycles. The van der Waals surface area contributed by atoms with Gasteiger partial charge in [-0.3, -0.25) is 4.79 Å². The maximum Gasteiger partial charge on any atom is 0.254 e. The van der Waals surface area contributed by atoms with E-state index in [1.54, 1.807) is 47.2 Å². The molecular formula is C20H22N4O3S. The van der Waals surface area contributed by atoms with Crippen LogP contribution in [0.1, 0.15) is 34.5 Å². The highest BCUT2D eigenvalue weighted by Crippen LogP contribution is 2.22. The molecule has 7 nitrogen and oxygen atoms in total. The van der Waals surface area contributed by atoms with E-state index >= 15 is 0 Å². The molecule has 1 aromatic heterocycles. The number of rotatable bonds is 6. The summed E-state index contributed by atoms with van der Waals surface area (Å²) >= 11 is 0. The van der Waals surface area contributed by atoms with Gasteiger partial charge < -0.3 is 4.90 Å². The Morgan fingerprint density at radius 3 is 2.29 bits per heavy atom. The molecule has 0 saturated heterocycles. The molecule has 3 rings (SSSR count). The maximum atomic E-state index is 12.8. The third-order valence-electron chi connectivity index (χ3n) is 4.59. The topological polar surface area (TPSA) is 85.2 Å². The zero-order chi connectivity index (χ0) is 20.3. The summed E-state index contributed by atoms with van der Waals surface area (Å²) in [5.41, 5.74) is 3.07. The molecule has 0 unspecified atom stereocenters. The minimum Gasteiger partial charge on any atom is -0.335 e. The van der Waals surface area contributed by atoms with Crippen molar-refractivity contribution in [3.63, 3.8) is 0 Å². The number of hydrogen-bond acceptors (Lipinski definition) is 5. The van der Waals surface area contributed by atoms with Crippen LogP contribution >= 0.6 is 0 Å². The average Bonchev–Trinajstić information content (AvgIpc) is 3.20. The first-order valence-electron chi connectivity index (χ1n) is 8.73. The van der Waals surface area contributed by atoms with Crippen LogP contribution in [-0.2, 0) is 15.6 Å². The highest BCUT2D eigenvalue weighted by molar-refractivity contribution is 7.89. The van der Waals surface area contributed by atoms with Crippen LogP contribution in [0.4, 0.5) is 0 Å². The Morgan fingerprint density at radius 1 is 1.11 bits per heavy atom. The van der Waals surface area contributed by atoms with Crippen molar-refractivity contribution in [3.05, 3.63) is 77.9 Å². The minimum atomic E-state index is -3.10. The van der Waals surface area contributed by atoms with Crippen LogP contribution in [0.15, 0.2) is 61.2 Å². The minimum absolute atomic E-state index is 0.0359. The summed E-state index contributed by atoms with van der Waals surface area (Å²) in [6.45, 7) is 1.96. The van der Waals surface area contributed by atoms with E-state index in [0.29, 0.717) is 11.1 Å². The van der Waals surface area contributed by atoms with Crippen molar-refractivity contribution >= 4 is 15.7 Å². The third kappa shape index (κ3) is 4.64. The van der Waals surface area contributed by atoms with Crippen LogP contribution in [0.3, 0.4) is 0 Å². The maximum absolute atomic E-state index is 12.8. The SMILES string of the molecule is C[C@@H](c1ccc(-n2cncn2)cc1)N(C)C(=O)c1ccc(CS(C)(=O)=O)cc1. The fourth-order valence-electron chi connectivity index (χ4n) is 2.90. The fourth-order valence-corrected chi connectivity index (χ4v) is 3.69. The predicted octanol–water partition coefficient (Wildman–Crippen LogP) is 2.65. The molecule has 8 heteroatoms. The summed E-state index contributed by atoms with van der Waals surface area (Å²) < 4.78 is 24.4. The van der Waals surface area contributed by atoms with Crippen LogP contribution < -0.4 is 0 Å². The first kappa shape index (κ1) is 19.8. The molecule has 0 N–H and O–H groups in total. The quantitative estimate of drug-likeness (QED) is 0.637. The van der Waals surface area contributed by atoms with Crippen LogP contribution in [0.5, 0.6) is 0 Å². The summed E-state index contributed by atoms with van der Waals surface area (Å²) in [5.74, 6) is -0.162. The average molecular weight is 398 g/mol. The van der Waals surface area contributed by atoms with Gasteiger partial charge >= 0.3 is 0 Å². The molecule has 0 fully saturated rings. The molecule has 28 heavy (non-hydrogen) atoms. The lowest BCUT2D eigenvalue weighted by atomic mass is 10.1. The zero-order valence-electron chi connectivity index (χ0n) is 16.0. The van der Waals surface area contributed by atoms with Gasteiger partial charge in [0.25, 0.3) is 5.91 Å². The summed E-state index contributed by atoms with van der Waals surface area (Å²) in [6, 6.07) is 14.3. The Labute approximate surface area is 164 Å². The zero-order valence-corrected chi connectivity index (χ0v) is 16.8. The number of sulfone groups is 1. The van der Waals surface area contributed by atoms with E-state index in [4.69, 9.17) is 0 Å². The number of carbonyl (C=O) groups excluding carboxylic acids is 1. The van der Waals surface area contributed by atoms with Gasteiger partial charge in [0.05, 0.1) is 17.5 Å². The van der Waals surface area contributed by atoms with Gasteiger partial charge in [-0.2, -0.15) is 5.10 Å². The van der Waals surface area contributed by atoms with Crippen molar-refractivity contribution in [2.45, 2.75) is 18.7 Å². The molecule has 0 radical (unpaired) electrons. The molecule has 1 amide bonds. The number of carbonyl (C=O) groups is 1. The number of nitrogens with zero attached hydrogens (tertiary/aromatic N) is 4. The molecule has 0 aliphatic heterocycles. The van der Waals surface area contributed by atoms with E-state index < -0.39 is 9.84 Å². The molecule has 0 bridgehead atoms. The van der Waals surface area contributed by atoms with Crippen molar-refractivity contribution in [1.82, 2.24) is 19.7 Å². The second-order valence-corrected chi connectivity index (χ2v) is 8.93. The molecule has 0 aliphatic rings. The summed E-state index contributed by atoms with van der Waals surface area (Å²) in [4.78, 5) is 18.4. The molecule has 146 valence electrons. The second-order valence-electron chi connectivity index (χ2n) is 6.79. The second kappa shape index (κ2) is 7.93. The number of hydrogen-bond donors (Lipinski definition) is 0. The van der Waals surface area contributed by atoms with Gasteiger partial charge in [-0.1, -0.05) is 24.3 Å². The van der Waals surface area contributed by atoms with E-state index in [0.717, 1.165) is 11.3 Å². The van der Waals surface area contributed by atoms with Crippen molar-refractivity contribution in [2.24, 2.45) is 0 Å². The van der Waals surface area contributed by atoms with E-state index in [1.807, 2.05) is 31.2 Å². The standard InChI is InChI=1S/C20H22N4O3S/c1-15(17-8-10-19(11-9-17)24-14-21-13-22-24)23(2)20(25)18-6-4-16(5-7-18)12-28(3,26)27/h4-11,13-15H,12H2,1-3H3/t15-/m0/s1. The molecule has 1 atom stereocenters. The molecular weight excluding hydrogens is 376 g/mol. The number of amides is 1. The smallest absolute Gasteiger partial charge is 0.254 e.